The molecular weight excluding hydrogens is 174 g/mol. The van der Waals surface area contributed by atoms with Crippen LogP contribution in [0.3, 0.4) is 0 Å². The van der Waals surface area contributed by atoms with Crippen LogP contribution in [0, 0.1) is 11.3 Å². The van der Waals surface area contributed by atoms with Crippen molar-refractivity contribution in [3.05, 3.63) is 0 Å². The summed E-state index contributed by atoms with van der Waals surface area (Å²) in [6.07, 6.45) is 1.02. The summed E-state index contributed by atoms with van der Waals surface area (Å²) in [5.74, 6) is 0.392. The van der Waals surface area contributed by atoms with Crippen LogP contribution in [-0.2, 0) is 11.3 Å². The van der Waals surface area contributed by atoms with Crippen molar-refractivity contribution < 1.29 is 8.76 Å². The lowest BCUT2D eigenvalue weighted by Crippen LogP contribution is -2.25. The highest BCUT2D eigenvalue weighted by atomic mass is 32.2. The van der Waals surface area contributed by atoms with Crippen molar-refractivity contribution in [2.75, 3.05) is 6.54 Å². The van der Waals surface area contributed by atoms with E-state index in [2.05, 4.69) is 25.5 Å². The molecular formula is C8H18NO2S-. The van der Waals surface area contributed by atoms with E-state index in [9.17, 15) is 8.76 Å². The molecule has 0 radical (unpaired) electrons. The summed E-state index contributed by atoms with van der Waals surface area (Å²) in [4.78, 5) is 0. The molecule has 1 N–H and O–H groups in total. The second-order valence-electron chi connectivity index (χ2n) is 4.45. The summed E-state index contributed by atoms with van der Waals surface area (Å²) in [5, 5.41) is 0. The Labute approximate surface area is 77.4 Å². The molecule has 0 amide bonds. The van der Waals surface area contributed by atoms with Gasteiger partial charge in [0.1, 0.15) is 0 Å². The molecule has 0 heterocycles. The summed E-state index contributed by atoms with van der Waals surface area (Å²) in [7, 11) is 0. The molecule has 0 saturated heterocycles. The third-order valence-electron chi connectivity index (χ3n) is 1.51. The summed E-state index contributed by atoms with van der Waals surface area (Å²) < 4.78 is 22.7. The van der Waals surface area contributed by atoms with E-state index in [0.717, 1.165) is 6.42 Å². The summed E-state index contributed by atoms with van der Waals surface area (Å²) in [6, 6.07) is 0. The van der Waals surface area contributed by atoms with Gasteiger partial charge in [-0.3, -0.25) is 4.21 Å². The Hall–Kier alpha value is 0.0700. The average molecular weight is 192 g/mol. The molecule has 0 aliphatic heterocycles. The summed E-state index contributed by atoms with van der Waals surface area (Å²) in [6.45, 7) is 9.03. The molecule has 0 spiro atoms. The molecule has 0 fully saturated rings. The van der Waals surface area contributed by atoms with E-state index < -0.39 is 11.3 Å². The molecule has 0 aromatic heterocycles. The van der Waals surface area contributed by atoms with Crippen LogP contribution in [0.15, 0.2) is 0 Å². The third-order valence-corrected chi connectivity index (χ3v) is 1.91. The first-order valence-corrected chi connectivity index (χ1v) is 5.21. The minimum atomic E-state index is -2.11. The molecule has 12 heavy (non-hydrogen) atoms. The molecule has 0 saturated carbocycles. The monoisotopic (exact) mass is 192 g/mol. The molecule has 3 nitrogen and oxygen atoms in total. The number of nitrogens with one attached hydrogen (secondary N) is 1. The molecule has 0 rings (SSSR count). The van der Waals surface area contributed by atoms with Gasteiger partial charge in [-0.15, -0.1) is 0 Å². The van der Waals surface area contributed by atoms with Crippen molar-refractivity contribution in [3.63, 3.8) is 0 Å². The van der Waals surface area contributed by atoms with E-state index in [0.29, 0.717) is 12.5 Å². The van der Waals surface area contributed by atoms with E-state index in [1.54, 1.807) is 0 Å². The van der Waals surface area contributed by atoms with Crippen molar-refractivity contribution in [2.45, 2.75) is 34.1 Å². The molecule has 0 aromatic rings. The van der Waals surface area contributed by atoms with Gasteiger partial charge in [-0.25, -0.2) is 4.72 Å². The van der Waals surface area contributed by atoms with E-state index in [1.807, 2.05) is 6.92 Å². The molecule has 0 aliphatic rings. The van der Waals surface area contributed by atoms with E-state index >= 15 is 0 Å². The van der Waals surface area contributed by atoms with Crippen LogP contribution in [0.1, 0.15) is 34.1 Å². The number of hydrogen-bond acceptors (Lipinski definition) is 2. The van der Waals surface area contributed by atoms with Gasteiger partial charge >= 0.3 is 0 Å². The average Bonchev–Trinajstić information content (AvgIpc) is 1.79. The van der Waals surface area contributed by atoms with Crippen LogP contribution in [0.4, 0.5) is 0 Å². The first-order valence-electron chi connectivity index (χ1n) is 4.14. The Morgan fingerprint density at radius 3 is 2.33 bits per heavy atom. The highest BCUT2D eigenvalue weighted by Crippen LogP contribution is 2.23. The highest BCUT2D eigenvalue weighted by molar-refractivity contribution is 7.77. The van der Waals surface area contributed by atoms with Crippen molar-refractivity contribution in [1.82, 2.24) is 4.72 Å². The zero-order valence-electron chi connectivity index (χ0n) is 8.22. The van der Waals surface area contributed by atoms with Crippen LogP contribution in [0.5, 0.6) is 0 Å². The maximum atomic E-state index is 10.2. The first-order chi connectivity index (χ1) is 5.31. The van der Waals surface area contributed by atoms with E-state index in [-0.39, 0.29) is 5.41 Å². The minimum Gasteiger partial charge on any atom is -0.760 e. The van der Waals surface area contributed by atoms with Gasteiger partial charge in [0.25, 0.3) is 0 Å². The standard InChI is InChI=1S/C8H19NO2S/c1-7(5-8(2,3)4)6-9-12(10)11/h7,9H,5-6H2,1-4H3,(H,10,11)/p-1. The van der Waals surface area contributed by atoms with Gasteiger partial charge in [0.05, 0.1) is 0 Å². The normalized spacial score (nSPS) is 17.4. The van der Waals surface area contributed by atoms with Crippen LogP contribution in [0.25, 0.3) is 0 Å². The van der Waals surface area contributed by atoms with Crippen LogP contribution in [0.2, 0.25) is 0 Å². The Balaban J connectivity index is 3.60. The molecule has 2 unspecified atom stereocenters. The summed E-state index contributed by atoms with van der Waals surface area (Å²) >= 11 is -2.11. The molecule has 2 atom stereocenters. The number of rotatable bonds is 4. The fraction of sp³-hybridized carbons (Fsp3) is 1.00. The molecule has 74 valence electrons. The van der Waals surface area contributed by atoms with E-state index in [1.165, 1.54) is 0 Å². The van der Waals surface area contributed by atoms with E-state index in [4.69, 9.17) is 0 Å². The Morgan fingerprint density at radius 2 is 2.00 bits per heavy atom. The highest BCUT2D eigenvalue weighted by Gasteiger charge is 2.14. The lowest BCUT2D eigenvalue weighted by molar-refractivity contribution is 0.306. The maximum Gasteiger partial charge on any atom is 0.0181 e. The smallest absolute Gasteiger partial charge is 0.0181 e. The predicted molar refractivity (Wildman–Crippen MR) is 50.2 cm³/mol. The maximum absolute atomic E-state index is 10.2. The minimum absolute atomic E-state index is 0.269. The molecule has 0 aromatic carbocycles. The zero-order valence-corrected chi connectivity index (χ0v) is 9.03. The zero-order chi connectivity index (χ0) is 9.78. The van der Waals surface area contributed by atoms with Gasteiger partial charge in [-0.1, -0.05) is 27.7 Å². The van der Waals surface area contributed by atoms with Gasteiger partial charge in [-0.05, 0) is 17.8 Å². The van der Waals surface area contributed by atoms with Gasteiger partial charge in [0, 0.05) is 17.8 Å². The predicted octanol–water partition coefficient (Wildman–Crippen LogP) is 1.44. The lowest BCUT2D eigenvalue weighted by atomic mass is 9.86. The quantitative estimate of drug-likeness (QED) is 0.685. The second-order valence-corrected chi connectivity index (χ2v) is 5.21. The Kier molecular flexibility index (Phi) is 4.97. The van der Waals surface area contributed by atoms with Crippen molar-refractivity contribution >= 4 is 11.3 Å². The molecule has 0 bridgehead atoms. The summed E-state index contributed by atoms with van der Waals surface area (Å²) in [5.41, 5.74) is 0.269. The van der Waals surface area contributed by atoms with Gasteiger partial charge in [0.15, 0.2) is 0 Å². The van der Waals surface area contributed by atoms with Crippen LogP contribution < -0.4 is 4.72 Å². The SMILES string of the molecule is CC(CNS(=O)[O-])CC(C)(C)C. The second kappa shape index (κ2) is 4.94. The largest absolute Gasteiger partial charge is 0.760 e. The van der Waals surface area contributed by atoms with Gasteiger partial charge < -0.3 is 4.55 Å². The molecule has 0 aliphatic carbocycles. The fourth-order valence-electron chi connectivity index (χ4n) is 1.33. The first kappa shape index (κ1) is 12.1. The fourth-order valence-corrected chi connectivity index (χ4v) is 1.75. The van der Waals surface area contributed by atoms with Crippen LogP contribution in [-0.4, -0.2) is 15.3 Å². The third kappa shape index (κ3) is 8.17. The molecule has 4 heteroatoms. The Bertz CT molecular complexity index is 154. The van der Waals surface area contributed by atoms with Gasteiger partial charge in [0.2, 0.25) is 0 Å². The topological polar surface area (TPSA) is 52.2 Å². The lowest BCUT2D eigenvalue weighted by Gasteiger charge is -2.23. The Morgan fingerprint density at radius 1 is 1.50 bits per heavy atom. The van der Waals surface area contributed by atoms with Crippen LogP contribution >= 0.6 is 0 Å². The van der Waals surface area contributed by atoms with Crippen molar-refractivity contribution in [2.24, 2.45) is 11.3 Å². The van der Waals surface area contributed by atoms with Gasteiger partial charge in [-0.2, -0.15) is 0 Å². The number of hydrogen-bond donors (Lipinski definition) is 1. The van der Waals surface area contributed by atoms with Crippen molar-refractivity contribution in [1.29, 1.82) is 0 Å². The van der Waals surface area contributed by atoms with Crippen molar-refractivity contribution in [3.8, 4) is 0 Å².